The Balaban J connectivity index is 1.41. The molecular formula is C33H38ClN3O6S3. The number of amides is 1. The first-order valence-electron chi connectivity index (χ1n) is 14.8. The van der Waals surface area contributed by atoms with Crippen molar-refractivity contribution in [1.82, 2.24) is 4.90 Å². The van der Waals surface area contributed by atoms with E-state index >= 15 is 0 Å². The zero-order chi connectivity index (χ0) is 33.4. The van der Waals surface area contributed by atoms with Gasteiger partial charge in [-0.3, -0.25) is 14.4 Å². The fraction of sp³-hybridized carbons (Fsp3) is 0.364. The lowest BCUT2D eigenvalue weighted by Crippen LogP contribution is -2.39. The van der Waals surface area contributed by atoms with Crippen molar-refractivity contribution in [3.05, 3.63) is 87.3 Å². The molecule has 5 rings (SSSR count). The maximum absolute atomic E-state index is 13.3. The Morgan fingerprint density at radius 1 is 1.00 bits per heavy atom. The van der Waals surface area contributed by atoms with Gasteiger partial charge in [-0.2, -0.15) is 0 Å². The van der Waals surface area contributed by atoms with Crippen molar-refractivity contribution < 1.29 is 26.4 Å². The molecular weight excluding hydrogens is 666 g/mol. The van der Waals surface area contributed by atoms with Crippen LogP contribution in [0.3, 0.4) is 0 Å². The Morgan fingerprint density at radius 2 is 1.70 bits per heavy atom. The van der Waals surface area contributed by atoms with Crippen LogP contribution in [0.15, 0.2) is 60.7 Å². The van der Waals surface area contributed by atoms with Gasteiger partial charge in [0, 0.05) is 46.1 Å². The van der Waals surface area contributed by atoms with E-state index in [1.54, 1.807) is 30.3 Å². The first kappa shape index (κ1) is 34.2. The molecule has 1 fully saturated rings. The van der Waals surface area contributed by atoms with E-state index < -0.39 is 25.3 Å². The van der Waals surface area contributed by atoms with E-state index in [2.05, 4.69) is 34.9 Å². The lowest BCUT2D eigenvalue weighted by molar-refractivity contribution is 0.103. The van der Waals surface area contributed by atoms with Gasteiger partial charge in [-0.15, -0.1) is 11.3 Å². The van der Waals surface area contributed by atoms with Crippen LogP contribution in [0.1, 0.15) is 54.1 Å². The van der Waals surface area contributed by atoms with Gasteiger partial charge >= 0.3 is 0 Å². The molecule has 1 aromatic heterocycles. The van der Waals surface area contributed by atoms with E-state index in [4.69, 9.17) is 16.3 Å². The average Bonchev–Trinajstić information content (AvgIpc) is 3.36. The summed E-state index contributed by atoms with van der Waals surface area (Å²) in [5, 5.41) is 4.20. The van der Waals surface area contributed by atoms with Crippen LogP contribution in [0.25, 0.3) is 10.1 Å². The molecule has 1 aliphatic rings. The van der Waals surface area contributed by atoms with Crippen LogP contribution < -0.4 is 14.8 Å². The standard InChI is InChI=1S/C33H38ClN3O6S3/c1-21(2)43-29-13-22(20-37-8-10-46(41,42)11-9-37)12-24(18-29)33(3,4)25-16-26(34)19-28(17-25)35-32(38)31-15-23-14-27(36-45(5,39)40)6-7-30(23)44-31/h6-7,12-19,21,36H,8-11,20H2,1-5H3,(H,35,38). The third-order valence-corrected chi connectivity index (χ3v) is 11.4. The van der Waals surface area contributed by atoms with Crippen molar-refractivity contribution in [1.29, 1.82) is 0 Å². The summed E-state index contributed by atoms with van der Waals surface area (Å²) in [5.41, 5.74) is 3.34. The smallest absolute Gasteiger partial charge is 0.265 e. The van der Waals surface area contributed by atoms with Gasteiger partial charge in [0.15, 0.2) is 9.84 Å². The van der Waals surface area contributed by atoms with Crippen molar-refractivity contribution >= 4 is 70.2 Å². The van der Waals surface area contributed by atoms with Crippen LogP contribution in [0, 0.1) is 0 Å². The first-order valence-corrected chi connectivity index (χ1v) is 19.7. The fourth-order valence-electron chi connectivity index (χ4n) is 5.43. The SMILES string of the molecule is CC(C)Oc1cc(CN2CCS(=O)(=O)CC2)cc(C(C)(C)c2cc(Cl)cc(NC(=O)c3cc4cc(NS(C)(=O)=O)ccc4s3)c2)c1. The van der Waals surface area contributed by atoms with E-state index in [9.17, 15) is 21.6 Å². The number of fused-ring (bicyclic) bond motifs is 1. The lowest BCUT2D eigenvalue weighted by Gasteiger charge is -2.30. The minimum Gasteiger partial charge on any atom is -0.491 e. The van der Waals surface area contributed by atoms with Gasteiger partial charge in [0.1, 0.15) is 5.75 Å². The zero-order valence-corrected chi connectivity index (χ0v) is 29.6. The van der Waals surface area contributed by atoms with Gasteiger partial charge in [-0.1, -0.05) is 31.5 Å². The summed E-state index contributed by atoms with van der Waals surface area (Å²) >= 11 is 7.92. The number of nitrogens with zero attached hydrogens (tertiary/aromatic N) is 1. The second kappa shape index (κ2) is 13.2. The second-order valence-corrected chi connectivity index (χ2v) is 18.1. The molecule has 9 nitrogen and oxygen atoms in total. The highest BCUT2D eigenvalue weighted by molar-refractivity contribution is 7.92. The number of hydrogen-bond donors (Lipinski definition) is 2. The number of nitrogens with one attached hydrogen (secondary N) is 2. The molecule has 0 radical (unpaired) electrons. The highest BCUT2D eigenvalue weighted by Gasteiger charge is 2.27. The Morgan fingerprint density at radius 3 is 2.37 bits per heavy atom. The lowest BCUT2D eigenvalue weighted by atomic mass is 9.77. The highest BCUT2D eigenvalue weighted by atomic mass is 35.5. The molecule has 0 atom stereocenters. The van der Waals surface area contributed by atoms with E-state index in [0.717, 1.165) is 38.8 Å². The molecule has 0 unspecified atom stereocenters. The summed E-state index contributed by atoms with van der Waals surface area (Å²) in [4.78, 5) is 16.0. The number of carbonyl (C=O) groups is 1. The number of carbonyl (C=O) groups excluding carboxylic acids is 1. The summed E-state index contributed by atoms with van der Waals surface area (Å²) in [6.45, 7) is 9.71. The Bertz CT molecular complexity index is 1990. The van der Waals surface area contributed by atoms with Gasteiger partial charge in [0.2, 0.25) is 10.0 Å². The topological polar surface area (TPSA) is 122 Å². The summed E-state index contributed by atoms with van der Waals surface area (Å²) in [7, 11) is -6.40. The molecule has 3 aromatic carbocycles. The first-order chi connectivity index (χ1) is 21.5. The summed E-state index contributed by atoms with van der Waals surface area (Å²) in [6, 6.07) is 18.5. The van der Waals surface area contributed by atoms with Gasteiger partial charge in [-0.05, 0) is 90.5 Å². The fourth-order valence-corrected chi connectivity index (χ4v) is 8.44. The van der Waals surface area contributed by atoms with Crippen molar-refractivity contribution in [3.8, 4) is 5.75 Å². The number of benzene rings is 3. The molecule has 46 heavy (non-hydrogen) atoms. The van der Waals surface area contributed by atoms with E-state index in [0.29, 0.717) is 40.9 Å². The van der Waals surface area contributed by atoms with Crippen LogP contribution >= 0.6 is 22.9 Å². The summed E-state index contributed by atoms with van der Waals surface area (Å²) < 4.78 is 56.6. The van der Waals surface area contributed by atoms with Crippen LogP contribution in [0.5, 0.6) is 5.75 Å². The van der Waals surface area contributed by atoms with Crippen molar-refractivity contribution in [2.75, 3.05) is 40.9 Å². The van der Waals surface area contributed by atoms with Crippen LogP contribution in [-0.2, 0) is 31.8 Å². The number of halogens is 1. The van der Waals surface area contributed by atoms with Crippen LogP contribution in [0.2, 0.25) is 5.02 Å². The quantitative estimate of drug-likeness (QED) is 0.193. The molecule has 0 bridgehead atoms. The molecule has 1 aliphatic heterocycles. The molecule has 0 spiro atoms. The number of ether oxygens (including phenoxy) is 1. The number of sulfonamides is 1. The highest BCUT2D eigenvalue weighted by Crippen LogP contribution is 2.38. The van der Waals surface area contributed by atoms with Crippen LogP contribution in [0.4, 0.5) is 11.4 Å². The molecule has 1 saturated heterocycles. The second-order valence-electron chi connectivity index (χ2n) is 12.5. The molecule has 2 heterocycles. The van der Waals surface area contributed by atoms with Gasteiger partial charge < -0.3 is 10.1 Å². The van der Waals surface area contributed by atoms with Crippen LogP contribution in [-0.4, -0.2) is 64.6 Å². The van der Waals surface area contributed by atoms with E-state index in [-0.39, 0.29) is 23.5 Å². The molecule has 0 aliphatic carbocycles. The zero-order valence-electron chi connectivity index (χ0n) is 26.4. The Hall–Kier alpha value is -3.16. The predicted molar refractivity (Wildman–Crippen MR) is 188 cm³/mol. The molecule has 246 valence electrons. The van der Waals surface area contributed by atoms with E-state index in [1.165, 1.54) is 11.3 Å². The number of rotatable bonds is 10. The number of hydrogen-bond acceptors (Lipinski definition) is 8. The van der Waals surface area contributed by atoms with Gasteiger partial charge in [0.05, 0.1) is 28.7 Å². The predicted octanol–water partition coefficient (Wildman–Crippen LogP) is 6.52. The van der Waals surface area contributed by atoms with E-state index in [1.807, 2.05) is 38.1 Å². The van der Waals surface area contributed by atoms with Crippen molar-refractivity contribution in [2.45, 2.75) is 45.8 Å². The molecule has 2 N–H and O–H groups in total. The summed E-state index contributed by atoms with van der Waals surface area (Å²) in [6.07, 6.45) is 1.06. The third kappa shape index (κ3) is 8.60. The maximum atomic E-state index is 13.3. The Kier molecular flexibility index (Phi) is 9.77. The number of anilines is 2. The monoisotopic (exact) mass is 703 g/mol. The number of thiophene rings is 1. The average molecular weight is 704 g/mol. The minimum atomic E-state index is -3.43. The number of sulfone groups is 1. The van der Waals surface area contributed by atoms with Gasteiger partial charge in [0.25, 0.3) is 5.91 Å². The summed E-state index contributed by atoms with van der Waals surface area (Å²) in [5.74, 6) is 0.749. The Labute approximate surface area is 279 Å². The largest absolute Gasteiger partial charge is 0.491 e. The van der Waals surface area contributed by atoms with Crippen molar-refractivity contribution in [3.63, 3.8) is 0 Å². The normalized spacial score (nSPS) is 15.6. The molecule has 0 saturated carbocycles. The van der Waals surface area contributed by atoms with Gasteiger partial charge in [-0.25, -0.2) is 16.8 Å². The minimum absolute atomic E-state index is 0.0317. The van der Waals surface area contributed by atoms with Crippen molar-refractivity contribution in [2.24, 2.45) is 0 Å². The molecule has 1 amide bonds. The molecule has 4 aromatic rings. The maximum Gasteiger partial charge on any atom is 0.265 e. The third-order valence-electron chi connectivity index (χ3n) is 7.82. The molecule has 13 heteroatoms.